The van der Waals surface area contributed by atoms with E-state index < -0.39 is 0 Å². The number of fused-ring (bicyclic) bond motifs is 1. The maximum absolute atomic E-state index is 5.45. The summed E-state index contributed by atoms with van der Waals surface area (Å²) in [6.07, 6.45) is 0. The number of aryl methyl sites for hydroxylation is 1. The van der Waals surface area contributed by atoms with Gasteiger partial charge in [0.1, 0.15) is 11.6 Å². The van der Waals surface area contributed by atoms with Crippen molar-refractivity contribution >= 4 is 27.0 Å². The number of nitrogens with one attached hydrogen (secondary N) is 1. The molecule has 0 amide bonds. The Balaban J connectivity index is 2.03. The Hall–Kier alpha value is -1.81. The number of halogens is 1. The number of nitrogens with zero attached hydrogens (tertiary/aromatic N) is 1. The van der Waals surface area contributed by atoms with Crippen LogP contribution < -0.4 is 4.74 Å². The molecule has 0 saturated carbocycles. The topological polar surface area (TPSA) is 37.9 Å². The highest BCUT2D eigenvalue weighted by Crippen LogP contribution is 2.26. The molecule has 102 valence electrons. The van der Waals surface area contributed by atoms with Crippen molar-refractivity contribution < 1.29 is 4.74 Å². The summed E-state index contributed by atoms with van der Waals surface area (Å²) in [4.78, 5) is 8.05. The number of aromatic amines is 1. The van der Waals surface area contributed by atoms with E-state index in [1.165, 1.54) is 0 Å². The molecule has 0 atom stereocenters. The van der Waals surface area contributed by atoms with Crippen LogP contribution in [0, 0.1) is 6.92 Å². The summed E-state index contributed by atoms with van der Waals surface area (Å²) in [5, 5.41) is 0. The molecular formula is C16H15BrN2O. The van der Waals surface area contributed by atoms with Crippen molar-refractivity contribution in [1.29, 1.82) is 0 Å². The van der Waals surface area contributed by atoms with Crippen molar-refractivity contribution in [3.8, 4) is 17.1 Å². The fourth-order valence-electron chi connectivity index (χ4n) is 2.26. The predicted octanol–water partition coefficient (Wildman–Crippen LogP) is 4.70. The molecule has 1 aromatic heterocycles. The standard InChI is InChI=1S/C16H15BrN2O/c1-3-20-13-6-4-11(5-7-13)16-18-14-9-12(17)8-10(2)15(14)19-16/h4-9H,3H2,1-2H3,(H,18,19). The minimum Gasteiger partial charge on any atom is -0.494 e. The number of hydrogen-bond donors (Lipinski definition) is 1. The average molecular weight is 331 g/mol. The Morgan fingerprint density at radius 1 is 1.20 bits per heavy atom. The van der Waals surface area contributed by atoms with Crippen LogP contribution in [-0.4, -0.2) is 16.6 Å². The molecule has 0 radical (unpaired) electrons. The van der Waals surface area contributed by atoms with Crippen LogP contribution in [0.3, 0.4) is 0 Å². The predicted molar refractivity (Wildman–Crippen MR) is 85.1 cm³/mol. The Bertz CT molecular complexity index is 747. The third-order valence-corrected chi connectivity index (χ3v) is 3.64. The molecular weight excluding hydrogens is 316 g/mol. The van der Waals surface area contributed by atoms with E-state index in [-0.39, 0.29) is 0 Å². The lowest BCUT2D eigenvalue weighted by Gasteiger charge is -2.02. The van der Waals surface area contributed by atoms with Gasteiger partial charge in [-0.25, -0.2) is 4.98 Å². The first-order valence-corrected chi connectivity index (χ1v) is 7.36. The highest BCUT2D eigenvalue weighted by atomic mass is 79.9. The molecule has 0 aliphatic rings. The lowest BCUT2D eigenvalue weighted by Crippen LogP contribution is -1.90. The van der Waals surface area contributed by atoms with Gasteiger partial charge in [-0.15, -0.1) is 0 Å². The van der Waals surface area contributed by atoms with Gasteiger partial charge in [-0.1, -0.05) is 15.9 Å². The average Bonchev–Trinajstić information content (AvgIpc) is 2.84. The van der Waals surface area contributed by atoms with E-state index in [9.17, 15) is 0 Å². The molecule has 0 unspecified atom stereocenters. The summed E-state index contributed by atoms with van der Waals surface area (Å²) in [5.74, 6) is 1.76. The first kappa shape index (κ1) is 13.2. The number of benzene rings is 2. The summed E-state index contributed by atoms with van der Waals surface area (Å²) in [5.41, 5.74) is 4.26. The molecule has 0 aliphatic carbocycles. The van der Waals surface area contributed by atoms with Crippen molar-refractivity contribution in [3.63, 3.8) is 0 Å². The molecule has 0 aliphatic heterocycles. The first-order valence-electron chi connectivity index (χ1n) is 6.56. The van der Waals surface area contributed by atoms with Crippen molar-refractivity contribution in [2.75, 3.05) is 6.61 Å². The Kier molecular flexibility index (Phi) is 3.49. The van der Waals surface area contributed by atoms with Crippen LogP contribution in [-0.2, 0) is 0 Å². The quantitative estimate of drug-likeness (QED) is 0.755. The van der Waals surface area contributed by atoms with Gasteiger partial charge in [0.25, 0.3) is 0 Å². The van der Waals surface area contributed by atoms with E-state index in [2.05, 4.69) is 38.9 Å². The first-order chi connectivity index (χ1) is 9.67. The van der Waals surface area contributed by atoms with E-state index >= 15 is 0 Å². The molecule has 0 spiro atoms. The van der Waals surface area contributed by atoms with Crippen LogP contribution in [0.15, 0.2) is 40.9 Å². The van der Waals surface area contributed by atoms with Crippen molar-refractivity contribution in [3.05, 3.63) is 46.4 Å². The Labute approximate surface area is 126 Å². The number of hydrogen-bond acceptors (Lipinski definition) is 2. The van der Waals surface area contributed by atoms with Gasteiger partial charge in [-0.2, -0.15) is 0 Å². The van der Waals surface area contributed by atoms with Gasteiger partial charge < -0.3 is 9.72 Å². The minimum absolute atomic E-state index is 0.678. The highest BCUT2D eigenvalue weighted by Gasteiger charge is 2.08. The zero-order chi connectivity index (χ0) is 14.1. The molecule has 3 nitrogen and oxygen atoms in total. The van der Waals surface area contributed by atoms with E-state index in [0.717, 1.165) is 38.2 Å². The van der Waals surface area contributed by atoms with Gasteiger partial charge in [0.2, 0.25) is 0 Å². The maximum Gasteiger partial charge on any atom is 0.138 e. The van der Waals surface area contributed by atoms with Crippen LogP contribution in [0.5, 0.6) is 5.75 Å². The Morgan fingerprint density at radius 2 is 1.95 bits per heavy atom. The van der Waals surface area contributed by atoms with E-state index in [4.69, 9.17) is 4.74 Å². The van der Waals surface area contributed by atoms with Gasteiger partial charge in [0.15, 0.2) is 0 Å². The normalized spacial score (nSPS) is 10.9. The molecule has 3 rings (SSSR count). The van der Waals surface area contributed by atoms with E-state index in [1.807, 2.05) is 37.3 Å². The van der Waals surface area contributed by atoms with Gasteiger partial charge in [0, 0.05) is 10.0 Å². The van der Waals surface area contributed by atoms with Crippen LogP contribution in [0.4, 0.5) is 0 Å². The highest BCUT2D eigenvalue weighted by molar-refractivity contribution is 9.10. The largest absolute Gasteiger partial charge is 0.494 e. The monoisotopic (exact) mass is 330 g/mol. The SMILES string of the molecule is CCOc1ccc(-c2nc3c(C)cc(Br)cc3[nH]2)cc1. The van der Waals surface area contributed by atoms with Crippen LogP contribution in [0.2, 0.25) is 0 Å². The van der Waals surface area contributed by atoms with Crippen molar-refractivity contribution in [2.45, 2.75) is 13.8 Å². The third-order valence-electron chi connectivity index (χ3n) is 3.18. The smallest absolute Gasteiger partial charge is 0.138 e. The van der Waals surface area contributed by atoms with Gasteiger partial charge in [-0.05, 0) is 55.8 Å². The number of rotatable bonds is 3. The summed E-state index contributed by atoms with van der Waals surface area (Å²) >= 11 is 3.51. The number of imidazole rings is 1. The summed E-state index contributed by atoms with van der Waals surface area (Å²) in [6.45, 7) is 4.72. The van der Waals surface area contributed by atoms with Crippen molar-refractivity contribution in [2.24, 2.45) is 0 Å². The number of H-pyrrole nitrogens is 1. The molecule has 2 aromatic carbocycles. The fraction of sp³-hybridized carbons (Fsp3) is 0.188. The number of ether oxygens (including phenoxy) is 1. The van der Waals surface area contributed by atoms with Crippen molar-refractivity contribution in [1.82, 2.24) is 9.97 Å². The molecule has 3 aromatic rings. The zero-order valence-corrected chi connectivity index (χ0v) is 13.0. The third kappa shape index (κ3) is 2.43. The Morgan fingerprint density at radius 3 is 2.65 bits per heavy atom. The van der Waals surface area contributed by atoms with Crippen LogP contribution >= 0.6 is 15.9 Å². The molecule has 0 bridgehead atoms. The van der Waals surface area contributed by atoms with Gasteiger partial charge in [0.05, 0.1) is 17.6 Å². The van der Waals surface area contributed by atoms with Crippen LogP contribution in [0.1, 0.15) is 12.5 Å². The van der Waals surface area contributed by atoms with E-state index in [0.29, 0.717) is 6.61 Å². The zero-order valence-electron chi connectivity index (χ0n) is 11.4. The number of aromatic nitrogens is 2. The summed E-state index contributed by atoms with van der Waals surface area (Å²) < 4.78 is 6.51. The summed E-state index contributed by atoms with van der Waals surface area (Å²) in [6, 6.07) is 12.1. The molecule has 0 saturated heterocycles. The summed E-state index contributed by atoms with van der Waals surface area (Å²) in [7, 11) is 0. The van der Waals surface area contributed by atoms with Gasteiger partial charge >= 0.3 is 0 Å². The van der Waals surface area contributed by atoms with Gasteiger partial charge in [-0.3, -0.25) is 0 Å². The second-order valence-electron chi connectivity index (χ2n) is 4.66. The molecule has 20 heavy (non-hydrogen) atoms. The minimum atomic E-state index is 0.678. The molecule has 4 heteroatoms. The maximum atomic E-state index is 5.45. The second kappa shape index (κ2) is 5.29. The molecule has 0 fully saturated rings. The van der Waals surface area contributed by atoms with E-state index in [1.54, 1.807) is 0 Å². The molecule has 1 N–H and O–H groups in total. The fourth-order valence-corrected chi connectivity index (χ4v) is 2.83. The lowest BCUT2D eigenvalue weighted by molar-refractivity contribution is 0.340. The molecule has 1 heterocycles. The van der Waals surface area contributed by atoms with Crippen LogP contribution in [0.25, 0.3) is 22.4 Å². The lowest BCUT2D eigenvalue weighted by atomic mass is 10.2. The second-order valence-corrected chi connectivity index (χ2v) is 5.58.